The second kappa shape index (κ2) is 4.39. The van der Waals surface area contributed by atoms with Gasteiger partial charge in [-0.15, -0.1) is 0 Å². The minimum atomic E-state index is -3.24. The molecule has 2 aliphatic carbocycles. The van der Waals surface area contributed by atoms with Crippen LogP contribution in [0.25, 0.3) is 0 Å². The van der Waals surface area contributed by atoms with Gasteiger partial charge in [0.25, 0.3) is 0 Å². The fraction of sp³-hybridized carbons (Fsp3) is 0.333. The summed E-state index contributed by atoms with van der Waals surface area (Å²) in [5.74, 6) is 0.349. The van der Waals surface area contributed by atoms with Crippen molar-refractivity contribution in [3.05, 3.63) is 54.1 Å². The quantitative estimate of drug-likeness (QED) is 0.766. The first kappa shape index (κ1) is 11.7. The molecule has 18 heavy (non-hydrogen) atoms. The van der Waals surface area contributed by atoms with E-state index in [4.69, 9.17) is 0 Å². The van der Waals surface area contributed by atoms with Crippen molar-refractivity contribution in [2.75, 3.05) is 0 Å². The van der Waals surface area contributed by atoms with Gasteiger partial charge < -0.3 is 0 Å². The van der Waals surface area contributed by atoms with E-state index in [1.165, 1.54) is 0 Å². The van der Waals surface area contributed by atoms with Gasteiger partial charge in [-0.1, -0.05) is 36.4 Å². The lowest BCUT2D eigenvalue weighted by molar-refractivity contribution is 0.576. The molecule has 0 saturated carbocycles. The van der Waals surface area contributed by atoms with E-state index >= 15 is 0 Å². The van der Waals surface area contributed by atoms with Crippen LogP contribution in [0.3, 0.4) is 0 Å². The summed E-state index contributed by atoms with van der Waals surface area (Å²) in [4.78, 5) is 0.442. The van der Waals surface area contributed by atoms with E-state index in [1.54, 1.807) is 24.3 Å². The summed E-state index contributed by atoms with van der Waals surface area (Å²) in [6.45, 7) is 0. The number of allylic oxidation sites excluding steroid dienone is 3. The van der Waals surface area contributed by atoms with E-state index in [0.717, 1.165) is 18.4 Å². The fourth-order valence-electron chi connectivity index (χ4n) is 2.91. The third kappa shape index (κ3) is 1.83. The minimum absolute atomic E-state index is 0.349. The molecule has 1 aromatic rings. The largest absolute Gasteiger partial charge is 0.223 e. The molecule has 3 rings (SSSR count). The zero-order valence-electron chi connectivity index (χ0n) is 10.1. The predicted molar refractivity (Wildman–Crippen MR) is 72.0 cm³/mol. The van der Waals surface area contributed by atoms with Gasteiger partial charge in [0.15, 0.2) is 9.84 Å². The van der Waals surface area contributed by atoms with Gasteiger partial charge in [-0.05, 0) is 42.9 Å². The molecule has 0 aromatic heterocycles. The molecule has 2 aliphatic rings. The maximum absolute atomic E-state index is 12.7. The summed E-state index contributed by atoms with van der Waals surface area (Å²) in [6.07, 6.45) is 8.99. The van der Waals surface area contributed by atoms with E-state index in [9.17, 15) is 8.42 Å². The molecule has 0 aliphatic heterocycles. The molecular formula is C15H16O2S. The van der Waals surface area contributed by atoms with Gasteiger partial charge in [0.05, 0.1) is 10.1 Å². The minimum Gasteiger partial charge on any atom is -0.223 e. The molecule has 0 unspecified atom stereocenters. The Hall–Kier alpha value is -1.35. The lowest BCUT2D eigenvalue weighted by atomic mass is 9.92. The average molecular weight is 260 g/mol. The van der Waals surface area contributed by atoms with Gasteiger partial charge in [0, 0.05) is 0 Å². The van der Waals surface area contributed by atoms with Crippen LogP contribution in [0.5, 0.6) is 0 Å². The van der Waals surface area contributed by atoms with Crippen LogP contribution in [-0.4, -0.2) is 13.7 Å². The van der Waals surface area contributed by atoms with Crippen molar-refractivity contribution < 1.29 is 8.42 Å². The molecule has 0 amide bonds. The van der Waals surface area contributed by atoms with E-state index in [0.29, 0.717) is 17.2 Å². The van der Waals surface area contributed by atoms with Crippen molar-refractivity contribution in [1.82, 2.24) is 0 Å². The molecular weight excluding hydrogens is 244 g/mol. The van der Waals surface area contributed by atoms with Gasteiger partial charge in [0.1, 0.15) is 0 Å². The summed E-state index contributed by atoms with van der Waals surface area (Å²) >= 11 is 0. The molecule has 2 nitrogen and oxygen atoms in total. The molecule has 3 heteroatoms. The van der Waals surface area contributed by atoms with Crippen LogP contribution in [-0.2, 0) is 9.84 Å². The Morgan fingerprint density at radius 3 is 2.67 bits per heavy atom. The van der Waals surface area contributed by atoms with Crippen LogP contribution >= 0.6 is 0 Å². The zero-order valence-corrected chi connectivity index (χ0v) is 10.9. The highest BCUT2D eigenvalue weighted by Gasteiger charge is 2.36. The molecule has 0 bridgehead atoms. The predicted octanol–water partition coefficient (Wildman–Crippen LogP) is 3.13. The van der Waals surface area contributed by atoms with Gasteiger partial charge in [-0.25, -0.2) is 8.42 Å². The SMILES string of the molecule is O=S(=O)(c1ccccc1)[C@@H]1CC=C[C@@H]2CCC=C21. The Kier molecular flexibility index (Phi) is 2.86. The van der Waals surface area contributed by atoms with E-state index in [-0.39, 0.29) is 5.25 Å². The number of hydrogen-bond acceptors (Lipinski definition) is 2. The molecule has 2 atom stereocenters. The number of rotatable bonds is 2. The van der Waals surface area contributed by atoms with Crippen LogP contribution in [0.15, 0.2) is 59.0 Å². The van der Waals surface area contributed by atoms with Crippen LogP contribution in [0.2, 0.25) is 0 Å². The first-order valence-electron chi connectivity index (χ1n) is 6.35. The van der Waals surface area contributed by atoms with Gasteiger partial charge in [-0.2, -0.15) is 0 Å². The summed E-state index contributed by atoms with van der Waals surface area (Å²) in [6, 6.07) is 8.80. The Bertz CT molecular complexity index is 597. The topological polar surface area (TPSA) is 34.1 Å². The van der Waals surface area contributed by atoms with E-state index < -0.39 is 9.84 Å². The number of benzene rings is 1. The van der Waals surface area contributed by atoms with Gasteiger partial charge >= 0.3 is 0 Å². The number of hydrogen-bond donors (Lipinski definition) is 0. The second-order valence-electron chi connectivity index (χ2n) is 4.90. The summed E-state index contributed by atoms with van der Waals surface area (Å²) in [5.41, 5.74) is 1.11. The summed E-state index contributed by atoms with van der Waals surface area (Å²) < 4.78 is 25.3. The van der Waals surface area contributed by atoms with Crippen molar-refractivity contribution in [2.24, 2.45) is 5.92 Å². The first-order valence-corrected chi connectivity index (χ1v) is 7.90. The highest BCUT2D eigenvalue weighted by molar-refractivity contribution is 7.92. The molecule has 0 heterocycles. The number of sulfone groups is 1. The fourth-order valence-corrected chi connectivity index (χ4v) is 4.77. The first-order chi connectivity index (χ1) is 8.69. The van der Waals surface area contributed by atoms with Crippen molar-refractivity contribution >= 4 is 9.84 Å². The Labute approximate surface area is 108 Å². The second-order valence-corrected chi connectivity index (χ2v) is 7.03. The normalized spacial score (nSPS) is 26.8. The van der Waals surface area contributed by atoms with Crippen LogP contribution < -0.4 is 0 Å². The Balaban J connectivity index is 2.03. The molecule has 0 N–H and O–H groups in total. The zero-order chi connectivity index (χ0) is 12.6. The van der Waals surface area contributed by atoms with Gasteiger partial charge in [-0.3, -0.25) is 0 Å². The maximum Gasteiger partial charge on any atom is 0.185 e. The van der Waals surface area contributed by atoms with Crippen LogP contribution in [0.1, 0.15) is 19.3 Å². The molecule has 0 spiro atoms. The third-order valence-corrected chi connectivity index (χ3v) is 5.97. The van der Waals surface area contributed by atoms with Crippen LogP contribution in [0.4, 0.5) is 0 Å². The average Bonchev–Trinajstić information content (AvgIpc) is 2.87. The molecule has 0 fully saturated rings. The molecule has 1 aromatic carbocycles. The van der Waals surface area contributed by atoms with Crippen LogP contribution in [0, 0.1) is 5.92 Å². The van der Waals surface area contributed by atoms with Crippen molar-refractivity contribution in [1.29, 1.82) is 0 Å². The van der Waals surface area contributed by atoms with E-state index in [2.05, 4.69) is 12.2 Å². The summed E-state index contributed by atoms with van der Waals surface area (Å²) in [5, 5.41) is -0.350. The molecule has 0 saturated heterocycles. The lowest BCUT2D eigenvalue weighted by Crippen LogP contribution is -2.27. The monoisotopic (exact) mass is 260 g/mol. The Morgan fingerprint density at radius 1 is 1.11 bits per heavy atom. The summed E-state index contributed by atoms with van der Waals surface area (Å²) in [7, 11) is -3.24. The molecule has 94 valence electrons. The van der Waals surface area contributed by atoms with Gasteiger partial charge in [0.2, 0.25) is 0 Å². The standard InChI is InChI=1S/C15H16O2S/c16-18(17,13-8-2-1-3-9-13)15-11-5-7-12-6-4-10-14(12)15/h1-3,5,7-10,12,15H,4,6,11H2/t12-,15+/m0/s1. The Morgan fingerprint density at radius 2 is 1.89 bits per heavy atom. The van der Waals surface area contributed by atoms with Crippen molar-refractivity contribution in [3.8, 4) is 0 Å². The highest BCUT2D eigenvalue weighted by Crippen LogP contribution is 2.38. The smallest absolute Gasteiger partial charge is 0.185 e. The lowest BCUT2D eigenvalue weighted by Gasteiger charge is -2.25. The third-order valence-electron chi connectivity index (χ3n) is 3.82. The van der Waals surface area contributed by atoms with Crippen molar-refractivity contribution in [3.63, 3.8) is 0 Å². The maximum atomic E-state index is 12.7. The van der Waals surface area contributed by atoms with E-state index in [1.807, 2.05) is 12.1 Å². The highest BCUT2D eigenvalue weighted by atomic mass is 32.2. The molecule has 0 radical (unpaired) electrons. The number of fused-ring (bicyclic) bond motifs is 1. The van der Waals surface area contributed by atoms with Crippen molar-refractivity contribution in [2.45, 2.75) is 29.4 Å².